The van der Waals surface area contributed by atoms with Gasteiger partial charge in [-0.25, -0.2) is 0 Å². The van der Waals surface area contributed by atoms with E-state index in [1.807, 2.05) is 18.4 Å². The van der Waals surface area contributed by atoms with Gasteiger partial charge in [-0.15, -0.1) is 11.3 Å². The van der Waals surface area contributed by atoms with E-state index in [4.69, 9.17) is 0 Å². The summed E-state index contributed by atoms with van der Waals surface area (Å²) in [6, 6.07) is 2.01. The average Bonchev–Trinajstić information content (AvgIpc) is 2.78. The number of amides is 1. The van der Waals surface area contributed by atoms with Crippen LogP contribution < -0.4 is 0 Å². The molecule has 18 heavy (non-hydrogen) atoms. The Bertz CT molecular complexity index is 451. The van der Waals surface area contributed by atoms with Crippen molar-refractivity contribution in [3.8, 4) is 0 Å². The number of hydrogen-bond donors (Lipinski definition) is 0. The number of aryl methyl sites for hydroxylation is 1. The van der Waals surface area contributed by atoms with Crippen molar-refractivity contribution in [3.05, 3.63) is 28.0 Å². The van der Waals surface area contributed by atoms with Crippen molar-refractivity contribution in [1.82, 2.24) is 4.90 Å². The molecule has 98 valence electrons. The number of esters is 1. The van der Waals surface area contributed by atoms with Crippen molar-refractivity contribution in [2.75, 3.05) is 20.7 Å². The maximum Gasteiger partial charge on any atom is 0.307 e. The molecule has 1 rings (SSSR count). The van der Waals surface area contributed by atoms with Crippen molar-refractivity contribution in [3.63, 3.8) is 0 Å². The zero-order valence-electron chi connectivity index (χ0n) is 10.8. The highest BCUT2D eigenvalue weighted by Gasteiger charge is 2.08. The quantitative estimate of drug-likeness (QED) is 0.606. The number of likely N-dealkylation sites (N-methyl/N-ethyl adjacent to an activating group) is 1. The third-order valence-corrected chi connectivity index (χ3v) is 3.52. The molecule has 5 heteroatoms. The molecule has 1 amide bonds. The number of methoxy groups -OCH3 is 1. The van der Waals surface area contributed by atoms with Crippen molar-refractivity contribution in [1.29, 1.82) is 0 Å². The molecular formula is C13H17NO3S. The van der Waals surface area contributed by atoms with E-state index < -0.39 is 0 Å². The molecule has 1 aromatic rings. The predicted octanol–water partition coefficient (Wildman–Crippen LogP) is 2.09. The number of rotatable bonds is 5. The molecule has 0 saturated carbocycles. The normalized spacial score (nSPS) is 10.6. The minimum Gasteiger partial charge on any atom is -0.469 e. The summed E-state index contributed by atoms with van der Waals surface area (Å²) < 4.78 is 4.52. The summed E-state index contributed by atoms with van der Waals surface area (Å²) >= 11 is 1.59. The molecule has 0 fully saturated rings. The molecule has 0 N–H and O–H groups in total. The van der Waals surface area contributed by atoms with Gasteiger partial charge in [-0.2, -0.15) is 0 Å². The number of ether oxygens (including phenoxy) is 1. The first kappa shape index (κ1) is 14.4. The minimum absolute atomic E-state index is 0.119. The van der Waals surface area contributed by atoms with Gasteiger partial charge >= 0.3 is 5.97 Å². The minimum atomic E-state index is -0.312. The highest BCUT2D eigenvalue weighted by molar-refractivity contribution is 7.11. The largest absolute Gasteiger partial charge is 0.469 e. The smallest absolute Gasteiger partial charge is 0.307 e. The van der Waals surface area contributed by atoms with E-state index in [9.17, 15) is 9.59 Å². The Balaban J connectivity index is 2.47. The zero-order valence-corrected chi connectivity index (χ0v) is 11.6. The lowest BCUT2D eigenvalue weighted by Gasteiger charge is -2.13. The Morgan fingerprint density at radius 1 is 1.50 bits per heavy atom. The second kappa shape index (κ2) is 6.96. The SMILES string of the molecule is COC(=O)CCN(C)C(=O)/C=C/c1sccc1C. The molecule has 0 unspecified atom stereocenters. The van der Waals surface area contributed by atoms with Crippen LogP contribution in [0, 0.1) is 6.92 Å². The molecule has 0 aliphatic heterocycles. The van der Waals surface area contributed by atoms with Crippen LogP contribution in [0.15, 0.2) is 17.5 Å². The number of thiophene rings is 1. The summed E-state index contributed by atoms with van der Waals surface area (Å²) in [6.45, 7) is 2.36. The average molecular weight is 267 g/mol. The maximum absolute atomic E-state index is 11.7. The lowest BCUT2D eigenvalue weighted by atomic mass is 10.2. The second-order valence-corrected chi connectivity index (χ2v) is 4.83. The fourth-order valence-corrected chi connectivity index (χ4v) is 2.12. The molecule has 0 aromatic carbocycles. The van der Waals surface area contributed by atoms with E-state index in [1.165, 1.54) is 18.1 Å². The summed E-state index contributed by atoms with van der Waals surface area (Å²) in [5.74, 6) is -0.431. The maximum atomic E-state index is 11.7. The third kappa shape index (κ3) is 4.33. The van der Waals surface area contributed by atoms with Crippen LogP contribution in [0.4, 0.5) is 0 Å². The topological polar surface area (TPSA) is 46.6 Å². The number of carbonyl (C=O) groups is 2. The van der Waals surface area contributed by atoms with Gasteiger partial charge in [0, 0.05) is 24.5 Å². The predicted molar refractivity (Wildman–Crippen MR) is 72.4 cm³/mol. The van der Waals surface area contributed by atoms with E-state index >= 15 is 0 Å². The van der Waals surface area contributed by atoms with Crippen LogP contribution in [-0.4, -0.2) is 37.5 Å². The summed E-state index contributed by atoms with van der Waals surface area (Å²) in [5, 5.41) is 1.99. The van der Waals surface area contributed by atoms with Crippen LogP contribution in [0.3, 0.4) is 0 Å². The van der Waals surface area contributed by atoms with Crippen LogP contribution in [0.1, 0.15) is 16.9 Å². The van der Waals surface area contributed by atoms with Crippen molar-refractivity contribution in [2.24, 2.45) is 0 Å². The molecule has 0 radical (unpaired) electrons. The van der Waals surface area contributed by atoms with Gasteiger partial charge in [-0.05, 0) is 30.0 Å². The van der Waals surface area contributed by atoms with E-state index in [-0.39, 0.29) is 18.3 Å². The van der Waals surface area contributed by atoms with Gasteiger partial charge in [-0.3, -0.25) is 9.59 Å². The first-order valence-electron chi connectivity index (χ1n) is 5.58. The van der Waals surface area contributed by atoms with Gasteiger partial charge in [-0.1, -0.05) is 0 Å². The van der Waals surface area contributed by atoms with Crippen molar-refractivity contribution in [2.45, 2.75) is 13.3 Å². The molecule has 4 nitrogen and oxygen atoms in total. The number of carbonyl (C=O) groups excluding carboxylic acids is 2. The summed E-state index contributed by atoms with van der Waals surface area (Å²) in [7, 11) is 3.00. The van der Waals surface area contributed by atoms with Crippen LogP contribution >= 0.6 is 11.3 Å². The monoisotopic (exact) mass is 267 g/mol. The van der Waals surface area contributed by atoms with Gasteiger partial charge in [0.05, 0.1) is 13.5 Å². The van der Waals surface area contributed by atoms with Gasteiger partial charge in [0.15, 0.2) is 0 Å². The standard InChI is InChI=1S/C13H17NO3S/c1-10-7-9-18-11(10)4-5-12(15)14(2)8-6-13(16)17-3/h4-5,7,9H,6,8H2,1-3H3/b5-4+. The lowest BCUT2D eigenvalue weighted by Crippen LogP contribution is -2.27. The van der Waals surface area contributed by atoms with Gasteiger partial charge in [0.2, 0.25) is 5.91 Å². The van der Waals surface area contributed by atoms with E-state index in [0.29, 0.717) is 6.54 Å². The fourth-order valence-electron chi connectivity index (χ4n) is 1.30. The molecule has 0 aliphatic rings. The summed E-state index contributed by atoms with van der Waals surface area (Å²) in [6.07, 6.45) is 3.54. The fraction of sp³-hybridized carbons (Fsp3) is 0.385. The van der Waals surface area contributed by atoms with Crippen LogP contribution in [0.2, 0.25) is 0 Å². The van der Waals surface area contributed by atoms with Crippen LogP contribution in [-0.2, 0) is 14.3 Å². The van der Waals surface area contributed by atoms with E-state index in [1.54, 1.807) is 24.5 Å². The van der Waals surface area contributed by atoms with Crippen molar-refractivity contribution < 1.29 is 14.3 Å². The third-order valence-electron chi connectivity index (χ3n) is 2.53. The van der Waals surface area contributed by atoms with Gasteiger partial charge < -0.3 is 9.64 Å². The van der Waals surface area contributed by atoms with Crippen LogP contribution in [0.25, 0.3) is 6.08 Å². The van der Waals surface area contributed by atoms with E-state index in [2.05, 4.69) is 4.74 Å². The highest BCUT2D eigenvalue weighted by atomic mass is 32.1. The van der Waals surface area contributed by atoms with Gasteiger partial charge in [0.25, 0.3) is 0 Å². The molecule has 0 aliphatic carbocycles. The number of hydrogen-bond acceptors (Lipinski definition) is 4. The molecule has 0 bridgehead atoms. The Labute approximate surface area is 111 Å². The van der Waals surface area contributed by atoms with Crippen molar-refractivity contribution >= 4 is 29.3 Å². The lowest BCUT2D eigenvalue weighted by molar-refractivity contribution is -0.141. The van der Waals surface area contributed by atoms with E-state index in [0.717, 1.165) is 10.4 Å². The highest BCUT2D eigenvalue weighted by Crippen LogP contribution is 2.17. The number of nitrogens with zero attached hydrogens (tertiary/aromatic N) is 1. The first-order valence-corrected chi connectivity index (χ1v) is 6.46. The van der Waals surface area contributed by atoms with Gasteiger partial charge in [0.1, 0.15) is 0 Å². The molecule has 0 atom stereocenters. The molecular weight excluding hydrogens is 250 g/mol. The Hall–Kier alpha value is -1.62. The Morgan fingerprint density at radius 3 is 2.78 bits per heavy atom. The molecule has 1 heterocycles. The molecule has 0 saturated heterocycles. The molecule has 1 aromatic heterocycles. The van der Waals surface area contributed by atoms with Crippen LogP contribution in [0.5, 0.6) is 0 Å². The Morgan fingerprint density at radius 2 is 2.22 bits per heavy atom. The molecule has 0 spiro atoms. The Kier molecular flexibility index (Phi) is 5.58. The summed E-state index contributed by atoms with van der Waals surface area (Å²) in [5.41, 5.74) is 1.15. The zero-order chi connectivity index (χ0) is 13.5. The second-order valence-electron chi connectivity index (χ2n) is 3.89. The summed E-state index contributed by atoms with van der Waals surface area (Å²) in [4.78, 5) is 25.3. The first-order chi connectivity index (χ1) is 8.54.